The van der Waals surface area contributed by atoms with Gasteiger partial charge in [0.2, 0.25) is 0 Å². The van der Waals surface area contributed by atoms with Crippen molar-refractivity contribution in [1.82, 2.24) is 0 Å². The Bertz CT molecular complexity index is 439. The first kappa shape index (κ1) is 11.9. The van der Waals surface area contributed by atoms with Crippen LogP contribution in [0.5, 0.6) is 0 Å². The van der Waals surface area contributed by atoms with Crippen molar-refractivity contribution in [2.45, 2.75) is 0 Å². The van der Waals surface area contributed by atoms with Gasteiger partial charge in [-0.1, -0.05) is 6.07 Å². The summed E-state index contributed by atoms with van der Waals surface area (Å²) in [6, 6.07) is 6.96. The van der Waals surface area contributed by atoms with Gasteiger partial charge in [0.05, 0.1) is 24.5 Å². The van der Waals surface area contributed by atoms with E-state index in [1.807, 2.05) is 0 Å². The Morgan fingerprint density at radius 3 is 2.59 bits per heavy atom. The molecule has 88 valence electrons. The number of nitriles is 1. The summed E-state index contributed by atoms with van der Waals surface area (Å²) in [6.45, 7) is 2.79. The first-order chi connectivity index (χ1) is 8.22. The molecule has 1 aliphatic rings. The second kappa shape index (κ2) is 5.19. The number of morpholine rings is 1. The third-order valence-electron chi connectivity index (χ3n) is 2.79. The fourth-order valence-corrected chi connectivity index (χ4v) is 1.88. The maximum atomic E-state index is 9.08. The molecule has 2 N–H and O–H groups in total. The highest BCUT2D eigenvalue weighted by Gasteiger charge is 2.18. The highest BCUT2D eigenvalue weighted by Crippen LogP contribution is 2.19. The molecular weight excluding hydrogens is 219 g/mol. The average Bonchev–Trinajstić information content (AvgIpc) is 2.39. The molecule has 1 saturated heterocycles. The van der Waals surface area contributed by atoms with Crippen LogP contribution in [-0.4, -0.2) is 43.5 Å². The van der Waals surface area contributed by atoms with E-state index in [-0.39, 0.29) is 0 Å². The van der Waals surface area contributed by atoms with Gasteiger partial charge in [-0.25, -0.2) is 0 Å². The van der Waals surface area contributed by atoms with E-state index in [4.69, 9.17) is 20.0 Å². The summed E-state index contributed by atoms with van der Waals surface area (Å²) in [7, 11) is -1.54. The van der Waals surface area contributed by atoms with Crippen molar-refractivity contribution in [1.29, 1.82) is 5.26 Å². The number of nitrogens with zero attached hydrogens (tertiary/aromatic N) is 2. The summed E-state index contributed by atoms with van der Waals surface area (Å²) in [5, 5.41) is 27.2. The fourth-order valence-electron chi connectivity index (χ4n) is 1.88. The molecule has 0 aliphatic carbocycles. The van der Waals surface area contributed by atoms with Gasteiger partial charge in [-0.3, -0.25) is 0 Å². The van der Waals surface area contributed by atoms with Crippen LogP contribution in [0, 0.1) is 11.3 Å². The van der Waals surface area contributed by atoms with E-state index in [1.165, 1.54) is 6.07 Å². The Balaban J connectivity index is 2.30. The van der Waals surface area contributed by atoms with Gasteiger partial charge in [-0.2, -0.15) is 5.26 Å². The molecule has 0 saturated carbocycles. The third-order valence-corrected chi connectivity index (χ3v) is 2.79. The molecule has 6 heteroatoms. The van der Waals surface area contributed by atoms with Gasteiger partial charge in [0.15, 0.2) is 0 Å². The second-order valence-corrected chi connectivity index (χ2v) is 3.86. The summed E-state index contributed by atoms with van der Waals surface area (Å²) < 4.78 is 5.25. The molecule has 0 aromatic heterocycles. The Kier molecular flexibility index (Phi) is 3.64. The number of hydrogen-bond donors (Lipinski definition) is 2. The largest absolute Gasteiger partial charge is 0.488 e. The molecule has 1 heterocycles. The van der Waals surface area contributed by atoms with Crippen molar-refractivity contribution < 1.29 is 14.8 Å². The van der Waals surface area contributed by atoms with Gasteiger partial charge >= 0.3 is 7.12 Å². The van der Waals surface area contributed by atoms with Crippen molar-refractivity contribution in [2.75, 3.05) is 31.2 Å². The molecule has 0 atom stereocenters. The van der Waals surface area contributed by atoms with Crippen LogP contribution in [0.15, 0.2) is 18.2 Å². The minimum Gasteiger partial charge on any atom is -0.423 e. The van der Waals surface area contributed by atoms with E-state index in [9.17, 15) is 0 Å². The van der Waals surface area contributed by atoms with E-state index in [0.29, 0.717) is 24.2 Å². The van der Waals surface area contributed by atoms with Gasteiger partial charge in [0, 0.05) is 13.1 Å². The molecule has 1 fully saturated rings. The van der Waals surface area contributed by atoms with Gasteiger partial charge < -0.3 is 19.7 Å². The zero-order valence-corrected chi connectivity index (χ0v) is 9.33. The standard InChI is InChI=1S/C11H13BN2O3/c13-8-9-7-10(12(15)16)1-2-11(9)14-3-5-17-6-4-14/h1-2,7,15-16H,3-6H2. The first-order valence-corrected chi connectivity index (χ1v) is 5.45. The minimum atomic E-state index is -1.54. The first-order valence-electron chi connectivity index (χ1n) is 5.45. The molecule has 0 spiro atoms. The monoisotopic (exact) mass is 232 g/mol. The molecule has 0 bridgehead atoms. The van der Waals surface area contributed by atoms with Gasteiger partial charge in [0.25, 0.3) is 0 Å². The van der Waals surface area contributed by atoms with Crippen molar-refractivity contribution in [3.05, 3.63) is 23.8 Å². The summed E-state index contributed by atoms with van der Waals surface area (Å²) in [6.07, 6.45) is 0. The topological polar surface area (TPSA) is 76.7 Å². The fraction of sp³-hybridized carbons (Fsp3) is 0.364. The highest BCUT2D eigenvalue weighted by atomic mass is 16.5. The van der Waals surface area contributed by atoms with Crippen molar-refractivity contribution >= 4 is 18.3 Å². The molecule has 1 aromatic rings. The van der Waals surface area contributed by atoms with Gasteiger partial charge in [0.1, 0.15) is 6.07 Å². The molecular formula is C11H13BN2O3. The van der Waals surface area contributed by atoms with Crippen LogP contribution in [0.2, 0.25) is 0 Å². The quantitative estimate of drug-likeness (QED) is 0.644. The van der Waals surface area contributed by atoms with E-state index in [1.54, 1.807) is 12.1 Å². The van der Waals surface area contributed by atoms with E-state index in [2.05, 4.69) is 11.0 Å². The van der Waals surface area contributed by atoms with Crippen LogP contribution in [0.1, 0.15) is 5.56 Å². The maximum Gasteiger partial charge on any atom is 0.488 e. The van der Waals surface area contributed by atoms with Crippen LogP contribution in [0.3, 0.4) is 0 Å². The van der Waals surface area contributed by atoms with E-state index < -0.39 is 7.12 Å². The molecule has 2 rings (SSSR count). The highest BCUT2D eigenvalue weighted by molar-refractivity contribution is 6.58. The smallest absolute Gasteiger partial charge is 0.423 e. The Labute approximate surface area is 100.0 Å². The van der Waals surface area contributed by atoms with Crippen LogP contribution in [0.4, 0.5) is 5.69 Å². The number of benzene rings is 1. The number of anilines is 1. The lowest BCUT2D eigenvalue weighted by atomic mass is 9.79. The predicted molar refractivity (Wildman–Crippen MR) is 64.0 cm³/mol. The molecule has 0 amide bonds. The Hall–Kier alpha value is -1.55. The Morgan fingerprint density at radius 1 is 1.29 bits per heavy atom. The zero-order valence-electron chi connectivity index (χ0n) is 9.33. The van der Waals surface area contributed by atoms with Gasteiger partial charge in [-0.05, 0) is 17.6 Å². The summed E-state index contributed by atoms with van der Waals surface area (Å²) in [5.41, 5.74) is 1.61. The van der Waals surface area contributed by atoms with Crippen molar-refractivity contribution in [2.24, 2.45) is 0 Å². The lowest BCUT2D eigenvalue weighted by Crippen LogP contribution is -2.37. The molecule has 1 aromatic carbocycles. The van der Waals surface area contributed by atoms with Crippen LogP contribution in [-0.2, 0) is 4.74 Å². The van der Waals surface area contributed by atoms with Crippen molar-refractivity contribution in [3.63, 3.8) is 0 Å². The van der Waals surface area contributed by atoms with Crippen LogP contribution >= 0.6 is 0 Å². The predicted octanol–water partition coefficient (Wildman–Crippen LogP) is -0.925. The normalized spacial score (nSPS) is 15.5. The van der Waals surface area contributed by atoms with Crippen LogP contribution in [0.25, 0.3) is 0 Å². The summed E-state index contributed by atoms with van der Waals surface area (Å²) in [4.78, 5) is 2.07. The molecule has 5 nitrogen and oxygen atoms in total. The number of rotatable bonds is 2. The number of hydrogen-bond acceptors (Lipinski definition) is 5. The molecule has 1 aliphatic heterocycles. The maximum absolute atomic E-state index is 9.08. The lowest BCUT2D eigenvalue weighted by Gasteiger charge is -2.29. The summed E-state index contributed by atoms with van der Waals surface area (Å²) >= 11 is 0. The Morgan fingerprint density at radius 2 is 2.00 bits per heavy atom. The molecule has 0 radical (unpaired) electrons. The van der Waals surface area contributed by atoms with Crippen LogP contribution < -0.4 is 10.4 Å². The van der Waals surface area contributed by atoms with E-state index >= 15 is 0 Å². The van der Waals surface area contributed by atoms with Gasteiger partial charge in [-0.15, -0.1) is 0 Å². The zero-order chi connectivity index (χ0) is 12.3. The number of ether oxygens (including phenoxy) is 1. The SMILES string of the molecule is N#Cc1cc(B(O)O)ccc1N1CCOCC1. The summed E-state index contributed by atoms with van der Waals surface area (Å²) in [5.74, 6) is 0. The molecule has 0 unspecified atom stereocenters. The van der Waals surface area contributed by atoms with E-state index in [0.717, 1.165) is 18.8 Å². The molecule has 17 heavy (non-hydrogen) atoms. The third kappa shape index (κ3) is 2.58. The van der Waals surface area contributed by atoms with Crippen molar-refractivity contribution in [3.8, 4) is 6.07 Å². The lowest BCUT2D eigenvalue weighted by molar-refractivity contribution is 0.122. The second-order valence-electron chi connectivity index (χ2n) is 3.86. The average molecular weight is 232 g/mol. The minimum absolute atomic E-state index is 0.332.